The molecule has 21 heavy (non-hydrogen) atoms. The van der Waals surface area contributed by atoms with Crippen LogP contribution in [0.2, 0.25) is 0 Å². The third kappa shape index (κ3) is 3.07. The predicted octanol–water partition coefficient (Wildman–Crippen LogP) is 2.29. The van der Waals surface area contributed by atoms with Crippen molar-refractivity contribution in [3.63, 3.8) is 0 Å². The second-order valence-corrected chi connectivity index (χ2v) is 6.37. The zero-order chi connectivity index (χ0) is 15.0. The average molecular weight is 291 g/mol. The molecule has 0 saturated heterocycles. The molecule has 2 aliphatic rings. The molecule has 2 fully saturated rings. The van der Waals surface area contributed by atoms with Gasteiger partial charge in [-0.05, 0) is 44.6 Å². The smallest absolute Gasteiger partial charge is 0.270 e. The maximum absolute atomic E-state index is 13.0. The molecule has 1 unspecified atom stereocenters. The minimum Gasteiger partial charge on any atom is -0.397 e. The predicted molar refractivity (Wildman–Crippen MR) is 82.2 cm³/mol. The van der Waals surface area contributed by atoms with Crippen LogP contribution in [-0.4, -0.2) is 41.7 Å². The van der Waals surface area contributed by atoms with Gasteiger partial charge in [0, 0.05) is 31.9 Å². The molecule has 5 nitrogen and oxygen atoms in total. The third-order valence-corrected chi connectivity index (χ3v) is 4.62. The molecular formula is C16H25N3O2. The Morgan fingerprint density at radius 1 is 1.48 bits per heavy atom. The molecule has 3 rings (SSSR count). The van der Waals surface area contributed by atoms with E-state index in [9.17, 15) is 4.79 Å². The molecule has 0 bridgehead atoms. The number of anilines is 1. The number of methoxy groups -OCH3 is 1. The standard InChI is InChI=1S/C16H25N3O2/c1-11(12-3-4-12)18(7-8-21-2)16(20)15-9-13(17)10-19(15)14-5-6-14/h9-12,14H,3-8,17H2,1-2H3. The highest BCUT2D eigenvalue weighted by atomic mass is 16.5. The second-order valence-electron chi connectivity index (χ2n) is 6.37. The summed E-state index contributed by atoms with van der Waals surface area (Å²) in [7, 11) is 1.68. The summed E-state index contributed by atoms with van der Waals surface area (Å²) in [6.07, 6.45) is 6.64. The van der Waals surface area contributed by atoms with Crippen LogP contribution in [0.5, 0.6) is 0 Å². The highest BCUT2D eigenvalue weighted by molar-refractivity contribution is 5.94. The van der Waals surface area contributed by atoms with Gasteiger partial charge in [0.1, 0.15) is 5.69 Å². The quantitative estimate of drug-likeness (QED) is 0.838. The zero-order valence-electron chi connectivity index (χ0n) is 12.9. The average Bonchev–Trinajstić information content (AvgIpc) is 3.36. The fourth-order valence-corrected chi connectivity index (χ4v) is 2.99. The van der Waals surface area contributed by atoms with Crippen LogP contribution in [0.1, 0.15) is 49.1 Å². The number of aromatic nitrogens is 1. The number of hydrogen-bond acceptors (Lipinski definition) is 3. The van der Waals surface area contributed by atoms with Crippen molar-refractivity contribution >= 4 is 11.6 Å². The van der Waals surface area contributed by atoms with Crippen LogP contribution in [-0.2, 0) is 4.74 Å². The number of rotatable bonds is 7. The fraction of sp³-hybridized carbons (Fsp3) is 0.688. The molecule has 0 spiro atoms. The molecule has 1 aromatic rings. The van der Waals surface area contributed by atoms with Crippen LogP contribution in [0, 0.1) is 5.92 Å². The minimum atomic E-state index is 0.0926. The van der Waals surface area contributed by atoms with Crippen molar-refractivity contribution in [2.45, 2.75) is 44.7 Å². The van der Waals surface area contributed by atoms with Crippen molar-refractivity contribution < 1.29 is 9.53 Å². The number of nitrogens with two attached hydrogens (primary N) is 1. The molecule has 116 valence electrons. The molecule has 5 heteroatoms. The van der Waals surface area contributed by atoms with Crippen LogP contribution < -0.4 is 5.73 Å². The minimum absolute atomic E-state index is 0.0926. The van der Waals surface area contributed by atoms with Gasteiger partial charge < -0.3 is 19.9 Å². The molecule has 1 atom stereocenters. The van der Waals surface area contributed by atoms with Crippen LogP contribution >= 0.6 is 0 Å². The van der Waals surface area contributed by atoms with E-state index in [0.29, 0.717) is 30.8 Å². The first-order chi connectivity index (χ1) is 10.1. The third-order valence-electron chi connectivity index (χ3n) is 4.62. The zero-order valence-corrected chi connectivity index (χ0v) is 12.9. The first-order valence-corrected chi connectivity index (χ1v) is 7.89. The molecule has 1 amide bonds. The Kier molecular flexibility index (Phi) is 3.93. The van der Waals surface area contributed by atoms with Crippen LogP contribution in [0.25, 0.3) is 0 Å². The highest BCUT2D eigenvalue weighted by Gasteiger charge is 2.36. The molecule has 0 radical (unpaired) electrons. The Bertz CT molecular complexity index is 518. The van der Waals surface area contributed by atoms with E-state index >= 15 is 0 Å². The van der Waals surface area contributed by atoms with E-state index in [4.69, 9.17) is 10.5 Å². The summed E-state index contributed by atoms with van der Waals surface area (Å²) in [5.41, 5.74) is 7.33. The number of hydrogen-bond donors (Lipinski definition) is 1. The summed E-state index contributed by atoms with van der Waals surface area (Å²) in [6.45, 7) is 3.37. The monoisotopic (exact) mass is 291 g/mol. The summed E-state index contributed by atoms with van der Waals surface area (Å²) >= 11 is 0. The normalized spacial score (nSPS) is 19.5. The number of nitrogens with zero attached hydrogens (tertiary/aromatic N) is 2. The van der Waals surface area contributed by atoms with Gasteiger partial charge >= 0.3 is 0 Å². The SMILES string of the molecule is COCCN(C(=O)c1cc(N)cn1C1CC1)C(C)C1CC1. The summed E-state index contributed by atoms with van der Waals surface area (Å²) in [5, 5.41) is 0. The van der Waals surface area contributed by atoms with E-state index in [1.165, 1.54) is 12.8 Å². The fourth-order valence-electron chi connectivity index (χ4n) is 2.99. The molecule has 0 aliphatic heterocycles. The van der Waals surface area contributed by atoms with Crippen LogP contribution in [0.15, 0.2) is 12.3 Å². The lowest BCUT2D eigenvalue weighted by Gasteiger charge is -2.29. The van der Waals surface area contributed by atoms with E-state index in [2.05, 4.69) is 11.5 Å². The number of carbonyl (C=O) groups is 1. The second kappa shape index (κ2) is 5.72. The lowest BCUT2D eigenvalue weighted by atomic mass is 10.1. The molecule has 2 N–H and O–H groups in total. The van der Waals surface area contributed by atoms with Crippen molar-refractivity contribution in [1.82, 2.24) is 9.47 Å². The Hall–Kier alpha value is -1.49. The largest absolute Gasteiger partial charge is 0.397 e. The number of nitrogen functional groups attached to an aromatic ring is 1. The maximum Gasteiger partial charge on any atom is 0.270 e. The topological polar surface area (TPSA) is 60.5 Å². The first-order valence-electron chi connectivity index (χ1n) is 7.89. The number of ether oxygens (including phenoxy) is 1. The van der Waals surface area contributed by atoms with E-state index in [0.717, 1.165) is 18.5 Å². The van der Waals surface area contributed by atoms with Gasteiger partial charge in [-0.1, -0.05) is 0 Å². The Labute approximate surface area is 126 Å². The van der Waals surface area contributed by atoms with Gasteiger partial charge in [0.2, 0.25) is 0 Å². The van der Waals surface area contributed by atoms with Crippen molar-refractivity contribution in [3.05, 3.63) is 18.0 Å². The van der Waals surface area contributed by atoms with Gasteiger partial charge in [-0.25, -0.2) is 0 Å². The summed E-state index contributed by atoms with van der Waals surface area (Å²) in [6, 6.07) is 2.55. The molecule has 2 aliphatic carbocycles. The molecule has 1 aromatic heterocycles. The van der Waals surface area contributed by atoms with Gasteiger partial charge in [-0.2, -0.15) is 0 Å². The summed E-state index contributed by atoms with van der Waals surface area (Å²) < 4.78 is 7.25. The molecular weight excluding hydrogens is 266 g/mol. The summed E-state index contributed by atoms with van der Waals surface area (Å²) in [5.74, 6) is 0.738. The van der Waals surface area contributed by atoms with Gasteiger partial charge in [0.05, 0.1) is 12.3 Å². The lowest BCUT2D eigenvalue weighted by molar-refractivity contribution is 0.0584. The van der Waals surface area contributed by atoms with Crippen LogP contribution in [0.3, 0.4) is 0 Å². The van der Waals surface area contributed by atoms with Crippen molar-refractivity contribution in [1.29, 1.82) is 0 Å². The Morgan fingerprint density at radius 2 is 2.19 bits per heavy atom. The van der Waals surface area contributed by atoms with Crippen LogP contribution in [0.4, 0.5) is 5.69 Å². The maximum atomic E-state index is 13.0. The van der Waals surface area contributed by atoms with Crippen molar-refractivity contribution in [2.75, 3.05) is 26.0 Å². The molecule has 0 aromatic carbocycles. The van der Waals surface area contributed by atoms with Crippen molar-refractivity contribution in [3.8, 4) is 0 Å². The van der Waals surface area contributed by atoms with Gasteiger partial charge in [0.25, 0.3) is 5.91 Å². The molecule has 2 saturated carbocycles. The van der Waals surface area contributed by atoms with Crippen molar-refractivity contribution in [2.24, 2.45) is 5.92 Å². The lowest BCUT2D eigenvalue weighted by Crippen LogP contribution is -2.42. The molecule has 1 heterocycles. The Balaban J connectivity index is 1.82. The van der Waals surface area contributed by atoms with E-state index in [1.807, 2.05) is 17.2 Å². The van der Waals surface area contributed by atoms with E-state index < -0.39 is 0 Å². The van der Waals surface area contributed by atoms with Gasteiger partial charge in [-0.15, -0.1) is 0 Å². The van der Waals surface area contributed by atoms with Gasteiger partial charge in [0.15, 0.2) is 0 Å². The first kappa shape index (κ1) is 14.4. The van der Waals surface area contributed by atoms with E-state index in [-0.39, 0.29) is 11.9 Å². The Morgan fingerprint density at radius 3 is 2.76 bits per heavy atom. The number of carbonyl (C=O) groups excluding carboxylic acids is 1. The summed E-state index contributed by atoms with van der Waals surface area (Å²) in [4.78, 5) is 15.0. The van der Waals surface area contributed by atoms with E-state index in [1.54, 1.807) is 7.11 Å². The number of amides is 1. The van der Waals surface area contributed by atoms with Gasteiger partial charge in [-0.3, -0.25) is 4.79 Å². The highest BCUT2D eigenvalue weighted by Crippen LogP contribution is 2.39.